The molecule has 0 heterocycles. The summed E-state index contributed by atoms with van der Waals surface area (Å²) in [6, 6.07) is 13.1. The van der Waals surface area contributed by atoms with Gasteiger partial charge >= 0.3 is 0 Å². The maximum atomic E-state index is 12.5. The predicted octanol–water partition coefficient (Wildman–Crippen LogP) is 2.70. The van der Waals surface area contributed by atoms with Crippen LogP contribution in [-0.4, -0.2) is 34.3 Å². The third-order valence-electron chi connectivity index (χ3n) is 4.30. The van der Waals surface area contributed by atoms with Crippen molar-refractivity contribution in [2.24, 2.45) is 10.9 Å². The molecule has 0 spiro atoms. The summed E-state index contributed by atoms with van der Waals surface area (Å²) in [5.74, 6) is 3.22. The van der Waals surface area contributed by atoms with Crippen LogP contribution in [0, 0.1) is 0 Å². The number of phenolic OH excluding ortho intramolecular Hbond substituents is 2. The van der Waals surface area contributed by atoms with Crippen LogP contribution < -0.4 is 22.0 Å². The van der Waals surface area contributed by atoms with Crippen LogP contribution >= 0.6 is 31.9 Å². The molecular formula is C20H17Br2N5O4. The van der Waals surface area contributed by atoms with Crippen molar-refractivity contribution in [3.63, 3.8) is 0 Å². The lowest BCUT2D eigenvalue weighted by atomic mass is 10.1. The summed E-state index contributed by atoms with van der Waals surface area (Å²) in [5, 5.41) is 28.4. The zero-order valence-electron chi connectivity index (χ0n) is 15.8. The van der Waals surface area contributed by atoms with Crippen LogP contribution in [0.2, 0.25) is 0 Å². The molecule has 7 N–H and O–H groups in total. The number of carbonyl (C=O) groups is 2. The van der Waals surface area contributed by atoms with Crippen LogP contribution in [0.15, 0.2) is 62.6 Å². The highest BCUT2D eigenvalue weighted by Gasteiger charge is 2.26. The molecule has 0 bridgehead atoms. The van der Waals surface area contributed by atoms with E-state index in [1.54, 1.807) is 12.1 Å². The normalized spacial score (nSPS) is 12.0. The molecule has 2 amide bonds. The second-order valence-electron chi connectivity index (χ2n) is 6.34. The average molecular weight is 551 g/mol. The lowest BCUT2D eigenvalue weighted by Gasteiger charge is -2.17. The number of hydrazone groups is 1. The van der Waals surface area contributed by atoms with E-state index in [2.05, 4.69) is 47.7 Å². The Morgan fingerprint density at radius 1 is 1.00 bits per heavy atom. The van der Waals surface area contributed by atoms with E-state index in [0.29, 0.717) is 10.2 Å². The first-order chi connectivity index (χ1) is 14.8. The Kier molecular flexibility index (Phi) is 7.10. The van der Waals surface area contributed by atoms with Crippen LogP contribution in [0.5, 0.6) is 11.5 Å². The molecule has 3 rings (SSSR count). The molecule has 1 unspecified atom stereocenters. The number of hydrogen-bond donors (Lipinski definition) is 6. The predicted molar refractivity (Wildman–Crippen MR) is 125 cm³/mol. The SMILES string of the molecule is NNC(=O)C(Nc1ccc2ccccc2c1)C(=O)N/N=C/c1cc(Br)c(O)c(Br)c1O. The molecule has 11 heteroatoms. The number of benzene rings is 3. The quantitative estimate of drug-likeness (QED) is 0.0913. The monoisotopic (exact) mass is 549 g/mol. The number of halogens is 2. The van der Waals surface area contributed by atoms with Crippen molar-refractivity contribution in [1.29, 1.82) is 0 Å². The van der Waals surface area contributed by atoms with Gasteiger partial charge in [0.05, 0.1) is 10.7 Å². The maximum absolute atomic E-state index is 12.5. The first kappa shape index (κ1) is 22.5. The van der Waals surface area contributed by atoms with Crippen molar-refractivity contribution in [2.45, 2.75) is 6.04 Å². The van der Waals surface area contributed by atoms with Crippen molar-refractivity contribution in [1.82, 2.24) is 10.9 Å². The third kappa shape index (κ3) is 5.13. The Hall–Kier alpha value is -3.15. The summed E-state index contributed by atoms with van der Waals surface area (Å²) in [5.41, 5.74) is 4.92. The van der Waals surface area contributed by atoms with E-state index in [1.807, 2.05) is 35.8 Å². The molecule has 0 aliphatic rings. The lowest BCUT2D eigenvalue weighted by Crippen LogP contribution is -2.50. The van der Waals surface area contributed by atoms with Gasteiger partial charge in [-0.3, -0.25) is 15.0 Å². The fourth-order valence-corrected chi connectivity index (χ4v) is 3.88. The minimum atomic E-state index is -1.37. The molecule has 3 aromatic rings. The second kappa shape index (κ2) is 9.77. The van der Waals surface area contributed by atoms with Gasteiger partial charge in [-0.2, -0.15) is 5.10 Å². The number of hydrazine groups is 1. The van der Waals surface area contributed by atoms with Crippen molar-refractivity contribution < 1.29 is 19.8 Å². The fourth-order valence-electron chi connectivity index (χ4n) is 2.72. The molecule has 31 heavy (non-hydrogen) atoms. The van der Waals surface area contributed by atoms with Gasteiger partial charge in [0.1, 0.15) is 16.0 Å². The average Bonchev–Trinajstić information content (AvgIpc) is 2.78. The highest BCUT2D eigenvalue weighted by atomic mass is 79.9. The molecule has 3 aromatic carbocycles. The first-order valence-corrected chi connectivity index (χ1v) is 10.4. The summed E-state index contributed by atoms with van der Waals surface area (Å²) in [4.78, 5) is 24.7. The van der Waals surface area contributed by atoms with Gasteiger partial charge in [0.2, 0.25) is 0 Å². The number of nitrogens with one attached hydrogen (secondary N) is 3. The standard InChI is InChI=1S/C20H17Br2N5O4/c21-14-8-12(17(28)15(22)18(14)29)9-24-27-20(31)16(19(30)26-23)25-13-6-5-10-3-1-2-4-11(10)7-13/h1-9,16,25,28-29H,23H2,(H,26,30)(H,27,31)/b24-9+. The van der Waals surface area contributed by atoms with E-state index >= 15 is 0 Å². The minimum absolute atomic E-state index is 0.0630. The summed E-state index contributed by atoms with van der Waals surface area (Å²) in [7, 11) is 0. The van der Waals surface area contributed by atoms with Gasteiger partial charge in [0.25, 0.3) is 11.8 Å². The first-order valence-electron chi connectivity index (χ1n) is 8.80. The van der Waals surface area contributed by atoms with Gasteiger partial charge in [-0.25, -0.2) is 11.3 Å². The summed E-state index contributed by atoms with van der Waals surface area (Å²) < 4.78 is 0.372. The molecule has 1 atom stereocenters. The molecule has 0 radical (unpaired) electrons. The largest absolute Gasteiger partial charge is 0.506 e. The van der Waals surface area contributed by atoms with Crippen LogP contribution in [0.25, 0.3) is 10.8 Å². The molecule has 0 fully saturated rings. The summed E-state index contributed by atoms with van der Waals surface area (Å²) in [6.45, 7) is 0. The highest BCUT2D eigenvalue weighted by Crippen LogP contribution is 2.40. The molecule has 9 nitrogen and oxygen atoms in total. The van der Waals surface area contributed by atoms with E-state index in [0.717, 1.165) is 17.0 Å². The maximum Gasteiger partial charge on any atom is 0.272 e. The lowest BCUT2D eigenvalue weighted by molar-refractivity contribution is -0.130. The minimum Gasteiger partial charge on any atom is -0.506 e. The van der Waals surface area contributed by atoms with Crippen LogP contribution in [0.3, 0.4) is 0 Å². The Labute approximate surface area is 193 Å². The molecule has 0 aliphatic carbocycles. The van der Waals surface area contributed by atoms with Gasteiger partial charge in [0.15, 0.2) is 6.04 Å². The van der Waals surface area contributed by atoms with E-state index in [1.165, 1.54) is 6.07 Å². The number of anilines is 1. The van der Waals surface area contributed by atoms with Crippen molar-refractivity contribution in [2.75, 3.05) is 5.32 Å². The number of carbonyl (C=O) groups excluding carboxylic acids is 2. The number of hydrogen-bond acceptors (Lipinski definition) is 7. The Bertz CT molecular complexity index is 1190. The van der Waals surface area contributed by atoms with E-state index in [9.17, 15) is 19.8 Å². The molecular weight excluding hydrogens is 534 g/mol. The molecule has 0 aromatic heterocycles. The molecule has 0 saturated heterocycles. The van der Waals surface area contributed by atoms with Crippen molar-refractivity contribution in [3.05, 3.63) is 63.0 Å². The van der Waals surface area contributed by atoms with E-state index in [-0.39, 0.29) is 21.5 Å². The van der Waals surface area contributed by atoms with Crippen molar-refractivity contribution in [3.8, 4) is 11.5 Å². The Balaban J connectivity index is 1.77. The number of phenols is 2. The Morgan fingerprint density at radius 3 is 2.42 bits per heavy atom. The molecule has 160 valence electrons. The highest BCUT2D eigenvalue weighted by molar-refractivity contribution is 9.11. The number of fused-ring (bicyclic) bond motifs is 1. The zero-order chi connectivity index (χ0) is 22.5. The summed E-state index contributed by atoms with van der Waals surface area (Å²) in [6.07, 6.45) is 1.16. The smallest absolute Gasteiger partial charge is 0.272 e. The van der Waals surface area contributed by atoms with E-state index in [4.69, 9.17) is 5.84 Å². The molecule has 0 saturated carbocycles. The topological polar surface area (TPSA) is 149 Å². The van der Waals surface area contributed by atoms with E-state index < -0.39 is 17.9 Å². The molecule has 0 aliphatic heterocycles. The number of amides is 2. The Morgan fingerprint density at radius 2 is 1.71 bits per heavy atom. The van der Waals surface area contributed by atoms with Crippen LogP contribution in [0.4, 0.5) is 5.69 Å². The second-order valence-corrected chi connectivity index (χ2v) is 7.99. The van der Waals surface area contributed by atoms with Crippen LogP contribution in [0.1, 0.15) is 5.56 Å². The number of rotatable bonds is 6. The van der Waals surface area contributed by atoms with Gasteiger partial charge in [0, 0.05) is 11.3 Å². The number of aromatic hydroxyl groups is 2. The number of nitrogens with two attached hydrogens (primary N) is 1. The van der Waals surface area contributed by atoms with Crippen molar-refractivity contribution >= 4 is 66.3 Å². The number of nitrogens with zero attached hydrogens (tertiary/aromatic N) is 1. The fraction of sp³-hybridized carbons (Fsp3) is 0.0500. The van der Waals surface area contributed by atoms with Gasteiger partial charge < -0.3 is 15.5 Å². The third-order valence-corrected chi connectivity index (χ3v) is 5.66. The van der Waals surface area contributed by atoms with Gasteiger partial charge in [-0.15, -0.1) is 0 Å². The van der Waals surface area contributed by atoms with Gasteiger partial charge in [-0.05, 0) is 60.8 Å². The summed E-state index contributed by atoms with van der Waals surface area (Å²) >= 11 is 6.19. The zero-order valence-corrected chi connectivity index (χ0v) is 18.9. The van der Waals surface area contributed by atoms with Crippen LogP contribution in [-0.2, 0) is 9.59 Å². The van der Waals surface area contributed by atoms with Gasteiger partial charge in [-0.1, -0.05) is 30.3 Å².